The minimum Gasteiger partial charge on any atom is -0.481 e. The molecule has 118 valence electrons. The van der Waals surface area contributed by atoms with Gasteiger partial charge >= 0.3 is 12.0 Å². The molecule has 0 saturated carbocycles. The predicted octanol–water partition coefficient (Wildman–Crippen LogP) is 3.10. The Bertz CT molecular complexity index is 305. The van der Waals surface area contributed by atoms with Crippen molar-refractivity contribution in [1.29, 1.82) is 0 Å². The summed E-state index contributed by atoms with van der Waals surface area (Å²) in [5.74, 6) is -1.07. The van der Waals surface area contributed by atoms with E-state index in [1.807, 2.05) is 25.7 Å². The second kappa shape index (κ2) is 9.61. The fraction of sp³-hybridized carbons (Fsp3) is 0.867. The smallest absolute Gasteiger partial charge is 0.317 e. The Hall–Kier alpha value is -1.26. The van der Waals surface area contributed by atoms with Gasteiger partial charge in [0, 0.05) is 18.6 Å². The number of hydrogen-bond donors (Lipinski definition) is 2. The minimum absolute atomic E-state index is 0.0272. The van der Waals surface area contributed by atoms with Gasteiger partial charge in [-0.3, -0.25) is 4.79 Å². The van der Waals surface area contributed by atoms with Crippen molar-refractivity contribution in [2.75, 3.05) is 6.54 Å². The zero-order chi connectivity index (χ0) is 15.7. The van der Waals surface area contributed by atoms with Crippen molar-refractivity contribution in [1.82, 2.24) is 10.2 Å². The predicted molar refractivity (Wildman–Crippen MR) is 80.8 cm³/mol. The molecule has 0 heterocycles. The largest absolute Gasteiger partial charge is 0.481 e. The third-order valence-electron chi connectivity index (χ3n) is 3.41. The molecule has 0 rings (SSSR count). The fourth-order valence-electron chi connectivity index (χ4n) is 2.05. The highest BCUT2D eigenvalue weighted by molar-refractivity contribution is 5.74. The Balaban J connectivity index is 4.09. The molecule has 20 heavy (non-hydrogen) atoms. The van der Waals surface area contributed by atoms with Crippen LogP contribution in [0, 0.1) is 5.92 Å². The average molecular weight is 286 g/mol. The number of carboxylic acids is 1. The lowest BCUT2D eigenvalue weighted by Crippen LogP contribution is -2.47. The second-order valence-electron chi connectivity index (χ2n) is 5.81. The van der Waals surface area contributed by atoms with E-state index in [-0.39, 0.29) is 24.0 Å². The first-order valence-corrected chi connectivity index (χ1v) is 7.59. The molecule has 0 aromatic heterocycles. The SMILES string of the molecule is CCCN(C(=O)NC(C)CCCC(C)C(=O)O)C(C)C. The molecule has 5 nitrogen and oxygen atoms in total. The van der Waals surface area contributed by atoms with Gasteiger partial charge < -0.3 is 15.3 Å². The molecule has 0 bridgehead atoms. The van der Waals surface area contributed by atoms with Gasteiger partial charge in [0.15, 0.2) is 0 Å². The summed E-state index contributed by atoms with van der Waals surface area (Å²) in [6.07, 6.45) is 3.21. The molecule has 0 saturated heterocycles. The van der Waals surface area contributed by atoms with Gasteiger partial charge in [0.05, 0.1) is 5.92 Å². The van der Waals surface area contributed by atoms with E-state index in [4.69, 9.17) is 5.11 Å². The zero-order valence-corrected chi connectivity index (χ0v) is 13.5. The lowest BCUT2D eigenvalue weighted by molar-refractivity contribution is -0.141. The molecular weight excluding hydrogens is 256 g/mol. The van der Waals surface area contributed by atoms with Gasteiger partial charge in [0.25, 0.3) is 0 Å². The summed E-state index contributed by atoms with van der Waals surface area (Å²) in [5.41, 5.74) is 0. The maximum absolute atomic E-state index is 12.1. The topological polar surface area (TPSA) is 69.6 Å². The van der Waals surface area contributed by atoms with Crippen LogP contribution in [-0.2, 0) is 4.79 Å². The van der Waals surface area contributed by atoms with Crippen LogP contribution in [0.1, 0.15) is 60.3 Å². The van der Waals surface area contributed by atoms with E-state index in [0.717, 1.165) is 25.8 Å². The number of aliphatic carboxylic acids is 1. The van der Waals surface area contributed by atoms with Crippen LogP contribution in [0.3, 0.4) is 0 Å². The molecule has 0 aliphatic heterocycles. The van der Waals surface area contributed by atoms with Crippen molar-refractivity contribution < 1.29 is 14.7 Å². The number of amides is 2. The minimum atomic E-state index is -0.754. The number of carboxylic acid groups (broad SMARTS) is 1. The first kappa shape index (κ1) is 18.7. The van der Waals surface area contributed by atoms with Crippen molar-refractivity contribution >= 4 is 12.0 Å². The van der Waals surface area contributed by atoms with Gasteiger partial charge in [-0.25, -0.2) is 4.79 Å². The summed E-state index contributed by atoms with van der Waals surface area (Å²) in [4.78, 5) is 24.7. The molecule has 0 radical (unpaired) electrons. The summed E-state index contributed by atoms with van der Waals surface area (Å²) in [6.45, 7) is 10.5. The van der Waals surface area contributed by atoms with Crippen LogP contribution in [0.2, 0.25) is 0 Å². The van der Waals surface area contributed by atoms with Gasteiger partial charge in [0.1, 0.15) is 0 Å². The number of rotatable bonds is 9. The summed E-state index contributed by atoms with van der Waals surface area (Å²) < 4.78 is 0. The van der Waals surface area contributed by atoms with Crippen LogP contribution < -0.4 is 5.32 Å². The van der Waals surface area contributed by atoms with Crippen LogP contribution in [0.4, 0.5) is 4.79 Å². The van der Waals surface area contributed by atoms with Crippen LogP contribution in [0.15, 0.2) is 0 Å². The molecule has 0 aliphatic rings. The molecule has 2 unspecified atom stereocenters. The molecule has 0 fully saturated rings. The van der Waals surface area contributed by atoms with Crippen LogP contribution >= 0.6 is 0 Å². The highest BCUT2D eigenvalue weighted by Crippen LogP contribution is 2.10. The highest BCUT2D eigenvalue weighted by atomic mass is 16.4. The van der Waals surface area contributed by atoms with E-state index < -0.39 is 5.97 Å². The molecule has 5 heteroatoms. The molecule has 2 N–H and O–H groups in total. The molecule has 2 amide bonds. The Morgan fingerprint density at radius 3 is 2.20 bits per heavy atom. The number of urea groups is 1. The van der Waals surface area contributed by atoms with Gasteiger partial charge in [-0.15, -0.1) is 0 Å². The van der Waals surface area contributed by atoms with Crippen molar-refractivity contribution in [3.63, 3.8) is 0 Å². The molecule has 2 atom stereocenters. The van der Waals surface area contributed by atoms with Gasteiger partial charge in [0.2, 0.25) is 0 Å². The Morgan fingerprint density at radius 2 is 1.75 bits per heavy atom. The Kier molecular flexibility index (Phi) is 9.01. The normalized spacial score (nSPS) is 13.9. The third-order valence-corrected chi connectivity index (χ3v) is 3.41. The molecule has 0 aromatic carbocycles. The van der Waals surface area contributed by atoms with Gasteiger partial charge in [-0.1, -0.05) is 20.3 Å². The van der Waals surface area contributed by atoms with Crippen LogP contribution in [-0.4, -0.2) is 40.6 Å². The fourth-order valence-corrected chi connectivity index (χ4v) is 2.05. The Morgan fingerprint density at radius 1 is 1.15 bits per heavy atom. The maximum atomic E-state index is 12.1. The quantitative estimate of drug-likeness (QED) is 0.684. The summed E-state index contributed by atoms with van der Waals surface area (Å²) in [5, 5.41) is 11.8. The van der Waals surface area contributed by atoms with Crippen LogP contribution in [0.5, 0.6) is 0 Å². The van der Waals surface area contributed by atoms with Gasteiger partial charge in [-0.2, -0.15) is 0 Å². The van der Waals surface area contributed by atoms with E-state index in [1.165, 1.54) is 0 Å². The molecule has 0 aromatic rings. The summed E-state index contributed by atoms with van der Waals surface area (Å²) in [7, 11) is 0. The number of nitrogens with zero attached hydrogens (tertiary/aromatic N) is 1. The van der Waals surface area contributed by atoms with E-state index in [1.54, 1.807) is 6.92 Å². The molecule has 0 spiro atoms. The third kappa shape index (κ3) is 7.36. The van der Waals surface area contributed by atoms with Crippen molar-refractivity contribution in [2.45, 2.75) is 72.4 Å². The van der Waals surface area contributed by atoms with Crippen molar-refractivity contribution in [3.8, 4) is 0 Å². The standard InChI is InChI=1S/C15H30N2O3/c1-6-10-17(11(2)3)15(20)16-13(5)9-7-8-12(4)14(18)19/h11-13H,6-10H2,1-5H3,(H,16,20)(H,18,19). The molecule has 0 aliphatic carbocycles. The Labute approximate surface area is 122 Å². The summed E-state index contributed by atoms with van der Waals surface area (Å²) in [6, 6.07) is 0.233. The lowest BCUT2D eigenvalue weighted by Gasteiger charge is -2.28. The van der Waals surface area contributed by atoms with Crippen LogP contribution in [0.25, 0.3) is 0 Å². The van der Waals surface area contributed by atoms with E-state index in [2.05, 4.69) is 12.2 Å². The lowest BCUT2D eigenvalue weighted by atomic mass is 10.0. The van der Waals surface area contributed by atoms with E-state index >= 15 is 0 Å². The van der Waals surface area contributed by atoms with Crippen molar-refractivity contribution in [3.05, 3.63) is 0 Å². The van der Waals surface area contributed by atoms with E-state index in [9.17, 15) is 9.59 Å². The highest BCUT2D eigenvalue weighted by Gasteiger charge is 2.18. The van der Waals surface area contributed by atoms with E-state index in [0.29, 0.717) is 6.42 Å². The number of carbonyl (C=O) groups is 2. The van der Waals surface area contributed by atoms with Crippen molar-refractivity contribution in [2.24, 2.45) is 5.92 Å². The number of nitrogens with one attached hydrogen (secondary N) is 1. The summed E-state index contributed by atoms with van der Waals surface area (Å²) >= 11 is 0. The number of carbonyl (C=O) groups excluding carboxylic acids is 1. The zero-order valence-electron chi connectivity index (χ0n) is 13.5. The first-order chi connectivity index (χ1) is 9.29. The van der Waals surface area contributed by atoms with Gasteiger partial charge in [-0.05, 0) is 40.0 Å². The monoisotopic (exact) mass is 286 g/mol. The number of hydrogen-bond acceptors (Lipinski definition) is 2. The first-order valence-electron chi connectivity index (χ1n) is 7.59. The second-order valence-corrected chi connectivity index (χ2v) is 5.81. The molecular formula is C15H30N2O3. The average Bonchev–Trinajstić information content (AvgIpc) is 2.34. The maximum Gasteiger partial charge on any atom is 0.317 e.